The van der Waals surface area contributed by atoms with Gasteiger partial charge in [0.1, 0.15) is 0 Å². The van der Waals surface area contributed by atoms with E-state index in [0.29, 0.717) is 24.8 Å². The van der Waals surface area contributed by atoms with E-state index in [4.69, 9.17) is 4.74 Å². The molecule has 0 bridgehead atoms. The number of hydrogen-bond acceptors (Lipinski definition) is 5. The van der Waals surface area contributed by atoms with Crippen LogP contribution in [0, 0.1) is 0 Å². The van der Waals surface area contributed by atoms with E-state index in [0.717, 1.165) is 0 Å². The highest BCUT2D eigenvalue weighted by Gasteiger charge is 2.00. The van der Waals surface area contributed by atoms with Crippen molar-refractivity contribution < 1.29 is 9.53 Å². The minimum Gasteiger partial charge on any atom is -0.488 e. The van der Waals surface area contributed by atoms with E-state index in [9.17, 15) is 4.79 Å². The van der Waals surface area contributed by atoms with Gasteiger partial charge in [0.25, 0.3) is 0 Å². The summed E-state index contributed by atoms with van der Waals surface area (Å²) in [5.74, 6) is 1.12. The molecule has 0 aliphatic heterocycles. The van der Waals surface area contributed by atoms with E-state index >= 15 is 0 Å². The van der Waals surface area contributed by atoms with Crippen LogP contribution in [0.3, 0.4) is 0 Å². The normalized spacial score (nSPS) is 10.1. The number of anilines is 1. The van der Waals surface area contributed by atoms with Crippen molar-refractivity contribution >= 4 is 11.9 Å². The molecule has 94 valence electrons. The quantitative estimate of drug-likeness (QED) is 0.717. The Morgan fingerprint density at radius 3 is 2.53 bits per heavy atom. The first kappa shape index (κ1) is 13.2. The fraction of sp³-hybridized carbons (Fsp3) is 0.545. The van der Waals surface area contributed by atoms with Gasteiger partial charge in [-0.1, -0.05) is 0 Å². The molecule has 1 heterocycles. The van der Waals surface area contributed by atoms with Crippen molar-refractivity contribution in [3.8, 4) is 5.75 Å². The molecular weight excluding hydrogens is 220 g/mol. The maximum atomic E-state index is 10.6. The molecule has 0 unspecified atom stereocenters. The van der Waals surface area contributed by atoms with Crippen LogP contribution in [0.1, 0.15) is 20.8 Å². The Balaban J connectivity index is 2.32. The molecule has 0 aliphatic rings. The second-order valence-electron chi connectivity index (χ2n) is 3.82. The number of aromatic nitrogens is 2. The van der Waals surface area contributed by atoms with Gasteiger partial charge in [0, 0.05) is 20.0 Å². The Morgan fingerprint density at radius 1 is 1.35 bits per heavy atom. The third-order valence-corrected chi connectivity index (χ3v) is 1.78. The largest absolute Gasteiger partial charge is 0.488 e. The van der Waals surface area contributed by atoms with Gasteiger partial charge in [0.2, 0.25) is 11.9 Å². The van der Waals surface area contributed by atoms with E-state index in [1.165, 1.54) is 6.92 Å². The van der Waals surface area contributed by atoms with Gasteiger partial charge in [0.15, 0.2) is 5.75 Å². The lowest BCUT2D eigenvalue weighted by atomic mass is 10.5. The van der Waals surface area contributed by atoms with Crippen LogP contribution in [-0.4, -0.2) is 35.1 Å². The van der Waals surface area contributed by atoms with Crippen LogP contribution in [0.2, 0.25) is 0 Å². The SMILES string of the molecule is CC(=O)NCCNc1ncc(OC(C)C)cn1. The van der Waals surface area contributed by atoms with Crippen molar-refractivity contribution in [3.63, 3.8) is 0 Å². The van der Waals surface area contributed by atoms with Crippen LogP contribution in [0.5, 0.6) is 5.75 Å². The van der Waals surface area contributed by atoms with Crippen LogP contribution in [0.4, 0.5) is 5.95 Å². The predicted molar refractivity (Wildman–Crippen MR) is 65.0 cm³/mol. The first-order valence-electron chi connectivity index (χ1n) is 5.55. The van der Waals surface area contributed by atoms with Crippen LogP contribution < -0.4 is 15.4 Å². The first-order chi connectivity index (χ1) is 8.08. The topological polar surface area (TPSA) is 76.1 Å². The number of amides is 1. The maximum Gasteiger partial charge on any atom is 0.222 e. The summed E-state index contributed by atoms with van der Waals surface area (Å²) in [5.41, 5.74) is 0. The van der Waals surface area contributed by atoms with Gasteiger partial charge in [-0.05, 0) is 13.8 Å². The Labute approximate surface area is 101 Å². The lowest BCUT2D eigenvalue weighted by molar-refractivity contribution is -0.118. The van der Waals surface area contributed by atoms with Crippen LogP contribution in [-0.2, 0) is 4.79 Å². The van der Waals surface area contributed by atoms with Crippen LogP contribution in [0.25, 0.3) is 0 Å². The van der Waals surface area contributed by atoms with Crippen molar-refractivity contribution in [2.45, 2.75) is 26.9 Å². The van der Waals surface area contributed by atoms with E-state index in [1.807, 2.05) is 13.8 Å². The van der Waals surface area contributed by atoms with Gasteiger partial charge in [-0.15, -0.1) is 0 Å². The molecule has 0 spiro atoms. The monoisotopic (exact) mass is 238 g/mol. The molecule has 0 fully saturated rings. The van der Waals surface area contributed by atoms with E-state index in [-0.39, 0.29) is 12.0 Å². The van der Waals surface area contributed by atoms with Gasteiger partial charge in [-0.25, -0.2) is 9.97 Å². The first-order valence-corrected chi connectivity index (χ1v) is 5.55. The highest BCUT2D eigenvalue weighted by Crippen LogP contribution is 2.09. The number of carbonyl (C=O) groups is 1. The molecular formula is C11H18N4O2. The van der Waals surface area contributed by atoms with Gasteiger partial charge >= 0.3 is 0 Å². The summed E-state index contributed by atoms with van der Waals surface area (Å²) in [6, 6.07) is 0. The number of carbonyl (C=O) groups excluding carboxylic acids is 1. The third kappa shape index (κ3) is 5.70. The Hall–Kier alpha value is -1.85. The molecule has 6 heteroatoms. The molecule has 0 atom stereocenters. The van der Waals surface area contributed by atoms with Gasteiger partial charge in [-0.2, -0.15) is 0 Å². The minimum absolute atomic E-state index is 0.0478. The summed E-state index contributed by atoms with van der Waals surface area (Å²) in [4.78, 5) is 18.8. The molecule has 6 nitrogen and oxygen atoms in total. The van der Waals surface area contributed by atoms with Gasteiger partial charge in [-0.3, -0.25) is 4.79 Å². The molecule has 17 heavy (non-hydrogen) atoms. The molecule has 0 saturated carbocycles. The Morgan fingerprint density at radius 2 is 2.00 bits per heavy atom. The highest BCUT2D eigenvalue weighted by atomic mass is 16.5. The van der Waals surface area contributed by atoms with Gasteiger partial charge < -0.3 is 15.4 Å². The van der Waals surface area contributed by atoms with E-state index in [1.54, 1.807) is 12.4 Å². The standard InChI is InChI=1S/C11H18N4O2/c1-8(2)17-10-6-14-11(15-7-10)13-5-4-12-9(3)16/h6-8H,4-5H2,1-3H3,(H,12,16)(H,13,14,15). The summed E-state index contributed by atoms with van der Waals surface area (Å²) >= 11 is 0. The molecule has 1 rings (SSSR count). The van der Waals surface area contributed by atoms with Crippen LogP contribution >= 0.6 is 0 Å². The summed E-state index contributed by atoms with van der Waals surface area (Å²) in [5, 5.41) is 5.66. The lowest BCUT2D eigenvalue weighted by Crippen LogP contribution is -2.26. The third-order valence-electron chi connectivity index (χ3n) is 1.78. The summed E-state index contributed by atoms with van der Waals surface area (Å²) in [7, 11) is 0. The molecule has 0 radical (unpaired) electrons. The average Bonchev–Trinajstić information content (AvgIpc) is 2.25. The second-order valence-corrected chi connectivity index (χ2v) is 3.82. The van der Waals surface area contributed by atoms with Crippen LogP contribution in [0.15, 0.2) is 12.4 Å². The van der Waals surface area contributed by atoms with Crippen molar-refractivity contribution in [2.75, 3.05) is 18.4 Å². The molecule has 0 saturated heterocycles. The zero-order valence-electron chi connectivity index (χ0n) is 10.4. The lowest BCUT2D eigenvalue weighted by Gasteiger charge is -2.09. The zero-order chi connectivity index (χ0) is 12.7. The van der Waals surface area contributed by atoms with Crippen molar-refractivity contribution in [2.24, 2.45) is 0 Å². The Kier molecular flexibility index (Phi) is 5.19. The molecule has 0 aromatic carbocycles. The zero-order valence-corrected chi connectivity index (χ0v) is 10.4. The van der Waals surface area contributed by atoms with E-state index in [2.05, 4.69) is 20.6 Å². The predicted octanol–water partition coefficient (Wildman–Crippen LogP) is 0.812. The molecule has 1 aromatic rings. The van der Waals surface area contributed by atoms with Crippen molar-refractivity contribution in [1.29, 1.82) is 0 Å². The average molecular weight is 238 g/mol. The van der Waals surface area contributed by atoms with E-state index < -0.39 is 0 Å². The molecule has 1 aromatic heterocycles. The smallest absolute Gasteiger partial charge is 0.222 e. The molecule has 2 N–H and O–H groups in total. The summed E-state index contributed by atoms with van der Waals surface area (Å²) < 4.78 is 5.42. The van der Waals surface area contributed by atoms with Crippen molar-refractivity contribution in [1.82, 2.24) is 15.3 Å². The summed E-state index contributed by atoms with van der Waals surface area (Å²) in [6.45, 7) is 6.50. The number of hydrogen-bond donors (Lipinski definition) is 2. The number of ether oxygens (including phenoxy) is 1. The highest BCUT2D eigenvalue weighted by molar-refractivity contribution is 5.72. The number of nitrogens with zero attached hydrogens (tertiary/aromatic N) is 2. The molecule has 1 amide bonds. The van der Waals surface area contributed by atoms with Crippen molar-refractivity contribution in [3.05, 3.63) is 12.4 Å². The van der Waals surface area contributed by atoms with Gasteiger partial charge in [0.05, 0.1) is 18.5 Å². The fourth-order valence-electron chi connectivity index (χ4n) is 1.15. The Bertz CT molecular complexity index is 351. The maximum absolute atomic E-state index is 10.6. The molecule has 0 aliphatic carbocycles. The number of nitrogens with one attached hydrogen (secondary N) is 2. The fourth-order valence-corrected chi connectivity index (χ4v) is 1.15. The summed E-state index contributed by atoms with van der Waals surface area (Å²) in [6.07, 6.45) is 3.35. The minimum atomic E-state index is -0.0478. The second kappa shape index (κ2) is 6.67. The number of rotatable bonds is 6.